The van der Waals surface area contributed by atoms with E-state index in [-0.39, 0.29) is 37.9 Å². The Kier molecular flexibility index (Phi) is 10.8. The molecule has 1 saturated heterocycles. The van der Waals surface area contributed by atoms with E-state index in [2.05, 4.69) is 10.6 Å². The second-order valence-electron chi connectivity index (χ2n) is 11.4. The Bertz CT molecular complexity index is 1190. The SMILES string of the molecule is CCc1cccc(-c2c(F)cccc2[C@](O)(CCCNC(=O)O)[C@H]2CN(C(=O)C3CCC(CNC)CC3)CCO2)c1. The number of carboxylic acid groups (broad SMARTS) is 1. The van der Waals surface area contributed by atoms with E-state index in [0.717, 1.165) is 44.2 Å². The number of aliphatic hydroxyl groups is 1. The third-order valence-electron chi connectivity index (χ3n) is 8.71. The highest BCUT2D eigenvalue weighted by Crippen LogP contribution is 2.41. The lowest BCUT2D eigenvalue weighted by atomic mass is 9.78. The summed E-state index contributed by atoms with van der Waals surface area (Å²) < 4.78 is 21.7. The van der Waals surface area contributed by atoms with Gasteiger partial charge in [-0.05, 0) is 87.2 Å². The van der Waals surface area contributed by atoms with Crippen molar-refractivity contribution in [3.8, 4) is 11.1 Å². The van der Waals surface area contributed by atoms with Crippen LogP contribution in [0.1, 0.15) is 56.6 Å². The van der Waals surface area contributed by atoms with Crippen molar-refractivity contribution in [3.05, 3.63) is 59.4 Å². The number of rotatable bonds is 11. The summed E-state index contributed by atoms with van der Waals surface area (Å²) >= 11 is 0. The molecule has 0 bridgehead atoms. The molecule has 0 radical (unpaired) electrons. The number of amides is 2. The summed E-state index contributed by atoms with van der Waals surface area (Å²) in [6, 6.07) is 12.3. The molecule has 0 spiro atoms. The van der Waals surface area contributed by atoms with Crippen molar-refractivity contribution in [3.63, 3.8) is 0 Å². The maximum atomic E-state index is 15.6. The van der Waals surface area contributed by atoms with Crippen LogP contribution in [0.2, 0.25) is 0 Å². The van der Waals surface area contributed by atoms with E-state index < -0.39 is 23.6 Å². The smallest absolute Gasteiger partial charge is 0.404 e. The van der Waals surface area contributed by atoms with Crippen LogP contribution in [0.15, 0.2) is 42.5 Å². The molecule has 2 atom stereocenters. The van der Waals surface area contributed by atoms with E-state index in [1.54, 1.807) is 17.0 Å². The van der Waals surface area contributed by atoms with Gasteiger partial charge in [-0.3, -0.25) is 4.79 Å². The third kappa shape index (κ3) is 7.45. The number of nitrogens with zero attached hydrogens (tertiary/aromatic N) is 1. The van der Waals surface area contributed by atoms with Gasteiger partial charge in [0.05, 0.1) is 13.2 Å². The van der Waals surface area contributed by atoms with E-state index >= 15 is 4.39 Å². The number of nitrogens with one attached hydrogen (secondary N) is 2. The second kappa shape index (κ2) is 14.2. The van der Waals surface area contributed by atoms with Gasteiger partial charge in [-0.25, -0.2) is 9.18 Å². The van der Waals surface area contributed by atoms with Crippen molar-refractivity contribution in [2.45, 2.75) is 63.6 Å². The highest BCUT2D eigenvalue weighted by atomic mass is 19.1. The molecule has 4 N–H and O–H groups in total. The van der Waals surface area contributed by atoms with E-state index in [9.17, 15) is 14.7 Å². The maximum Gasteiger partial charge on any atom is 0.404 e. The number of halogens is 1. The van der Waals surface area contributed by atoms with E-state index in [0.29, 0.717) is 35.6 Å². The molecular formula is C32H44FN3O5. The summed E-state index contributed by atoms with van der Waals surface area (Å²) in [5, 5.41) is 27.1. The molecule has 8 nitrogen and oxygen atoms in total. The molecule has 1 saturated carbocycles. The van der Waals surface area contributed by atoms with Crippen LogP contribution in [0, 0.1) is 17.7 Å². The Morgan fingerprint density at radius 3 is 2.61 bits per heavy atom. The molecule has 41 heavy (non-hydrogen) atoms. The fourth-order valence-electron chi connectivity index (χ4n) is 6.45. The lowest BCUT2D eigenvalue weighted by Gasteiger charge is -2.44. The first-order valence-corrected chi connectivity index (χ1v) is 14.9. The Labute approximate surface area is 242 Å². The van der Waals surface area contributed by atoms with Crippen LogP contribution in [0.25, 0.3) is 11.1 Å². The van der Waals surface area contributed by atoms with Crippen LogP contribution in [0.3, 0.4) is 0 Å². The normalized spacial score (nSPS) is 22.6. The van der Waals surface area contributed by atoms with Gasteiger partial charge in [-0.15, -0.1) is 0 Å². The molecule has 224 valence electrons. The molecule has 1 heterocycles. The molecular weight excluding hydrogens is 525 g/mol. The lowest BCUT2D eigenvalue weighted by Crippen LogP contribution is -2.55. The van der Waals surface area contributed by atoms with Crippen molar-refractivity contribution < 1.29 is 28.9 Å². The average molecular weight is 570 g/mol. The lowest BCUT2D eigenvalue weighted by molar-refractivity contribution is -0.168. The fourth-order valence-corrected chi connectivity index (χ4v) is 6.45. The quantitative estimate of drug-likeness (QED) is 0.296. The summed E-state index contributed by atoms with van der Waals surface area (Å²) in [7, 11) is 1.95. The van der Waals surface area contributed by atoms with E-state index in [1.807, 2.05) is 38.2 Å². The van der Waals surface area contributed by atoms with Gasteiger partial charge in [-0.1, -0.05) is 43.3 Å². The zero-order chi connectivity index (χ0) is 29.4. The molecule has 2 aromatic rings. The van der Waals surface area contributed by atoms with Crippen molar-refractivity contribution >= 4 is 12.0 Å². The number of morpholine rings is 1. The zero-order valence-corrected chi connectivity index (χ0v) is 24.2. The maximum absolute atomic E-state index is 15.6. The molecule has 9 heteroatoms. The van der Waals surface area contributed by atoms with Crippen LogP contribution in [-0.4, -0.2) is 73.1 Å². The molecule has 4 rings (SSSR count). The average Bonchev–Trinajstić information content (AvgIpc) is 2.99. The number of carbonyl (C=O) groups is 2. The van der Waals surface area contributed by atoms with E-state index in [1.165, 1.54) is 6.07 Å². The fraction of sp³-hybridized carbons (Fsp3) is 0.562. The monoisotopic (exact) mass is 569 g/mol. The molecule has 0 aromatic heterocycles. The van der Waals surface area contributed by atoms with Crippen molar-refractivity contribution in [1.29, 1.82) is 0 Å². The van der Waals surface area contributed by atoms with Gasteiger partial charge < -0.3 is 30.5 Å². The standard InChI is InChI=1S/C32H44FN3O5/c1-3-22-7-4-8-25(19-22)29-26(9-5-10-27(29)33)32(40,15-6-16-35-31(38)39)28-21-36(17-18-41-28)30(37)24-13-11-23(12-14-24)20-34-2/h4-5,7-10,19,23-24,28,34-35,40H,3,6,11-18,20-21H2,1-2H3,(H,38,39)/t23?,24?,28-,32-/m1/s1. The summed E-state index contributed by atoms with van der Waals surface area (Å²) in [4.78, 5) is 26.5. The number of hydrogen-bond acceptors (Lipinski definition) is 5. The predicted molar refractivity (Wildman–Crippen MR) is 156 cm³/mol. The van der Waals surface area contributed by atoms with Gasteiger partial charge in [0, 0.05) is 24.6 Å². The first-order chi connectivity index (χ1) is 19.8. The number of ether oxygens (including phenoxy) is 1. The number of hydrogen-bond donors (Lipinski definition) is 4. The third-order valence-corrected chi connectivity index (χ3v) is 8.71. The summed E-state index contributed by atoms with van der Waals surface area (Å²) in [6.07, 6.45) is 2.97. The topological polar surface area (TPSA) is 111 Å². The minimum Gasteiger partial charge on any atom is -0.465 e. The highest BCUT2D eigenvalue weighted by molar-refractivity contribution is 5.79. The first kappa shape index (κ1) is 30.9. The van der Waals surface area contributed by atoms with E-state index in [4.69, 9.17) is 9.84 Å². The Morgan fingerprint density at radius 1 is 1.15 bits per heavy atom. The van der Waals surface area contributed by atoms with Gasteiger partial charge >= 0.3 is 6.09 Å². The summed E-state index contributed by atoms with van der Waals surface area (Å²) in [5.41, 5.74) is 0.713. The minimum atomic E-state index is -1.66. The van der Waals surface area contributed by atoms with Crippen LogP contribution in [-0.2, 0) is 21.6 Å². The Morgan fingerprint density at radius 2 is 1.90 bits per heavy atom. The van der Waals surface area contributed by atoms with Crippen LogP contribution in [0.5, 0.6) is 0 Å². The minimum absolute atomic E-state index is 0.0452. The van der Waals surface area contributed by atoms with Gasteiger partial charge in [0.2, 0.25) is 5.91 Å². The molecule has 1 aliphatic carbocycles. The zero-order valence-electron chi connectivity index (χ0n) is 24.2. The number of carbonyl (C=O) groups excluding carboxylic acids is 1. The van der Waals surface area contributed by atoms with Gasteiger partial charge in [0.1, 0.15) is 17.5 Å². The molecule has 2 amide bonds. The van der Waals surface area contributed by atoms with Crippen LogP contribution >= 0.6 is 0 Å². The molecule has 2 fully saturated rings. The summed E-state index contributed by atoms with van der Waals surface area (Å²) in [6.45, 7) is 4.00. The first-order valence-electron chi connectivity index (χ1n) is 14.9. The Hall–Kier alpha value is -3.01. The number of benzene rings is 2. The molecule has 0 unspecified atom stereocenters. The second-order valence-corrected chi connectivity index (χ2v) is 11.4. The number of aryl methyl sites for hydroxylation is 1. The molecule has 2 aromatic carbocycles. The van der Waals surface area contributed by atoms with Gasteiger partial charge in [0.25, 0.3) is 0 Å². The van der Waals surface area contributed by atoms with Gasteiger partial charge in [-0.2, -0.15) is 0 Å². The van der Waals surface area contributed by atoms with Crippen LogP contribution in [0.4, 0.5) is 9.18 Å². The van der Waals surface area contributed by atoms with Crippen molar-refractivity contribution in [2.75, 3.05) is 39.8 Å². The summed E-state index contributed by atoms with van der Waals surface area (Å²) in [5.74, 6) is 0.172. The predicted octanol–water partition coefficient (Wildman–Crippen LogP) is 4.54. The molecule has 1 aliphatic heterocycles. The van der Waals surface area contributed by atoms with Gasteiger partial charge in [0.15, 0.2) is 0 Å². The van der Waals surface area contributed by atoms with Crippen LogP contribution < -0.4 is 10.6 Å². The van der Waals surface area contributed by atoms with Crippen molar-refractivity contribution in [2.24, 2.45) is 11.8 Å². The highest BCUT2D eigenvalue weighted by Gasteiger charge is 2.45. The largest absolute Gasteiger partial charge is 0.465 e. The Balaban J connectivity index is 1.63. The molecule has 2 aliphatic rings. The van der Waals surface area contributed by atoms with Crippen molar-refractivity contribution in [1.82, 2.24) is 15.5 Å².